The van der Waals surface area contributed by atoms with Gasteiger partial charge in [-0.2, -0.15) is 0 Å². The lowest BCUT2D eigenvalue weighted by Crippen LogP contribution is -2.42. The molecule has 2 aromatic rings. The second-order valence-corrected chi connectivity index (χ2v) is 6.20. The van der Waals surface area contributed by atoms with Crippen molar-refractivity contribution in [1.82, 2.24) is 4.90 Å². The zero-order valence-electron chi connectivity index (χ0n) is 14.8. The van der Waals surface area contributed by atoms with Gasteiger partial charge >= 0.3 is 6.09 Å². The number of ether oxygens (including phenoxy) is 3. The molecule has 0 saturated heterocycles. The standard InChI is InChI=1S/C20H23NO4/c1-14-9-16-10-18(23-2)19(24-3)11-17(16)12-21(14)20(22)25-13-15-7-5-4-6-8-15/h4-8,10-11,14H,9,12-13H2,1-3H3. The summed E-state index contributed by atoms with van der Waals surface area (Å²) in [5.41, 5.74) is 3.22. The van der Waals surface area contributed by atoms with Crippen molar-refractivity contribution in [1.29, 1.82) is 0 Å². The Morgan fingerprint density at radius 2 is 1.72 bits per heavy atom. The van der Waals surface area contributed by atoms with E-state index in [4.69, 9.17) is 14.2 Å². The third-order valence-electron chi connectivity index (χ3n) is 4.53. The van der Waals surface area contributed by atoms with Crippen molar-refractivity contribution >= 4 is 6.09 Å². The second-order valence-electron chi connectivity index (χ2n) is 6.20. The average Bonchev–Trinajstić information content (AvgIpc) is 2.65. The van der Waals surface area contributed by atoms with Crippen molar-refractivity contribution in [2.24, 2.45) is 0 Å². The van der Waals surface area contributed by atoms with Crippen molar-refractivity contribution in [3.05, 3.63) is 59.2 Å². The maximum Gasteiger partial charge on any atom is 0.410 e. The van der Waals surface area contributed by atoms with E-state index in [0.717, 1.165) is 17.5 Å². The molecule has 1 atom stereocenters. The molecule has 0 spiro atoms. The molecule has 0 aliphatic carbocycles. The summed E-state index contributed by atoms with van der Waals surface area (Å²) in [6.07, 6.45) is 0.465. The number of benzene rings is 2. The van der Waals surface area contributed by atoms with Crippen molar-refractivity contribution in [2.45, 2.75) is 32.5 Å². The Kier molecular flexibility index (Phi) is 5.12. The van der Waals surface area contributed by atoms with Crippen LogP contribution < -0.4 is 9.47 Å². The normalized spacial score (nSPS) is 16.1. The monoisotopic (exact) mass is 341 g/mol. The topological polar surface area (TPSA) is 48.0 Å². The van der Waals surface area contributed by atoms with E-state index in [0.29, 0.717) is 18.0 Å². The molecule has 0 aromatic heterocycles. The molecule has 0 fully saturated rings. The van der Waals surface area contributed by atoms with E-state index in [-0.39, 0.29) is 18.7 Å². The fourth-order valence-corrected chi connectivity index (χ4v) is 3.11. The van der Waals surface area contributed by atoms with Crippen molar-refractivity contribution in [3.63, 3.8) is 0 Å². The zero-order chi connectivity index (χ0) is 17.8. The summed E-state index contributed by atoms with van der Waals surface area (Å²) in [5, 5.41) is 0. The average molecular weight is 341 g/mol. The van der Waals surface area contributed by atoms with E-state index in [2.05, 4.69) is 0 Å². The summed E-state index contributed by atoms with van der Waals surface area (Å²) in [4.78, 5) is 14.3. The number of hydrogen-bond acceptors (Lipinski definition) is 4. The first kappa shape index (κ1) is 17.1. The quantitative estimate of drug-likeness (QED) is 0.849. The largest absolute Gasteiger partial charge is 0.493 e. The van der Waals surface area contributed by atoms with E-state index >= 15 is 0 Å². The molecule has 25 heavy (non-hydrogen) atoms. The summed E-state index contributed by atoms with van der Waals surface area (Å²) < 4.78 is 16.2. The van der Waals surface area contributed by atoms with Gasteiger partial charge in [-0.15, -0.1) is 0 Å². The number of methoxy groups -OCH3 is 2. The van der Waals surface area contributed by atoms with Gasteiger partial charge in [0.25, 0.3) is 0 Å². The molecule has 1 amide bonds. The maximum atomic E-state index is 12.5. The van der Waals surface area contributed by atoms with Gasteiger partial charge in [-0.25, -0.2) is 4.79 Å². The first-order valence-corrected chi connectivity index (χ1v) is 8.33. The lowest BCUT2D eigenvalue weighted by molar-refractivity contribution is 0.0765. The van der Waals surface area contributed by atoms with Crippen LogP contribution in [0.4, 0.5) is 4.79 Å². The van der Waals surface area contributed by atoms with Gasteiger partial charge < -0.3 is 19.1 Å². The molecule has 0 saturated carbocycles. The first-order valence-electron chi connectivity index (χ1n) is 8.33. The predicted octanol–water partition coefficient (Wildman–Crippen LogP) is 3.79. The summed E-state index contributed by atoms with van der Waals surface area (Å²) in [6, 6.07) is 13.7. The molecule has 1 heterocycles. The molecule has 0 radical (unpaired) electrons. The molecule has 5 nitrogen and oxygen atoms in total. The molecule has 1 aliphatic heterocycles. The Morgan fingerprint density at radius 3 is 2.36 bits per heavy atom. The van der Waals surface area contributed by atoms with Crippen LogP contribution in [-0.2, 0) is 24.3 Å². The first-order chi connectivity index (χ1) is 12.1. The Hall–Kier alpha value is -2.69. The number of carbonyl (C=O) groups excluding carboxylic acids is 1. The Balaban J connectivity index is 1.73. The van der Waals surface area contributed by atoms with Gasteiger partial charge in [0.05, 0.1) is 14.2 Å². The Bertz CT molecular complexity index is 745. The molecule has 0 N–H and O–H groups in total. The van der Waals surface area contributed by atoms with Crippen LogP contribution in [0.5, 0.6) is 11.5 Å². The fraction of sp³-hybridized carbons (Fsp3) is 0.350. The van der Waals surface area contributed by atoms with Gasteiger partial charge in [-0.3, -0.25) is 0 Å². The Morgan fingerprint density at radius 1 is 1.08 bits per heavy atom. The van der Waals surface area contributed by atoms with E-state index in [1.165, 1.54) is 5.56 Å². The van der Waals surface area contributed by atoms with Crippen LogP contribution in [0.15, 0.2) is 42.5 Å². The predicted molar refractivity (Wildman–Crippen MR) is 94.9 cm³/mol. The molecule has 1 unspecified atom stereocenters. The fourth-order valence-electron chi connectivity index (χ4n) is 3.11. The van der Waals surface area contributed by atoms with Gasteiger partial charge in [0.2, 0.25) is 0 Å². The van der Waals surface area contributed by atoms with Crippen molar-refractivity contribution in [2.75, 3.05) is 14.2 Å². The molecule has 3 rings (SSSR count). The molecule has 2 aromatic carbocycles. The number of nitrogens with zero attached hydrogens (tertiary/aromatic N) is 1. The summed E-state index contributed by atoms with van der Waals surface area (Å²) in [7, 11) is 3.24. The highest BCUT2D eigenvalue weighted by Crippen LogP contribution is 2.34. The highest BCUT2D eigenvalue weighted by Gasteiger charge is 2.29. The van der Waals surface area contributed by atoms with Crippen LogP contribution in [0.25, 0.3) is 0 Å². The van der Waals surface area contributed by atoms with E-state index in [9.17, 15) is 4.79 Å². The van der Waals surface area contributed by atoms with E-state index in [1.807, 2.05) is 49.4 Å². The van der Waals surface area contributed by atoms with Gasteiger partial charge in [-0.1, -0.05) is 30.3 Å². The van der Waals surface area contributed by atoms with Gasteiger partial charge in [-0.05, 0) is 42.2 Å². The highest BCUT2D eigenvalue weighted by molar-refractivity contribution is 5.69. The third-order valence-corrected chi connectivity index (χ3v) is 4.53. The maximum absolute atomic E-state index is 12.5. The number of rotatable bonds is 4. The van der Waals surface area contributed by atoms with Crippen LogP contribution in [0, 0.1) is 0 Å². The summed E-state index contributed by atoms with van der Waals surface area (Å²) >= 11 is 0. The highest BCUT2D eigenvalue weighted by atomic mass is 16.6. The SMILES string of the molecule is COc1cc2c(cc1OC)CN(C(=O)OCc1ccccc1)C(C)C2. The smallest absolute Gasteiger partial charge is 0.410 e. The van der Waals surface area contributed by atoms with Crippen LogP contribution in [0.2, 0.25) is 0 Å². The molecular weight excluding hydrogens is 318 g/mol. The van der Waals surface area contributed by atoms with Gasteiger partial charge in [0.1, 0.15) is 6.61 Å². The van der Waals surface area contributed by atoms with Crippen molar-refractivity contribution in [3.8, 4) is 11.5 Å². The minimum atomic E-state index is -0.295. The molecular formula is C20H23NO4. The minimum Gasteiger partial charge on any atom is -0.493 e. The van der Waals surface area contributed by atoms with E-state index in [1.54, 1.807) is 19.1 Å². The number of amides is 1. The van der Waals surface area contributed by atoms with E-state index < -0.39 is 0 Å². The summed E-state index contributed by atoms with van der Waals surface area (Å²) in [5.74, 6) is 1.39. The summed E-state index contributed by atoms with van der Waals surface area (Å²) in [6.45, 7) is 2.82. The molecule has 5 heteroatoms. The second kappa shape index (κ2) is 7.47. The lowest BCUT2D eigenvalue weighted by Gasteiger charge is -2.34. The third kappa shape index (κ3) is 3.71. The minimum absolute atomic E-state index is 0.0638. The molecule has 132 valence electrons. The van der Waals surface area contributed by atoms with Gasteiger partial charge in [0.15, 0.2) is 11.5 Å². The van der Waals surface area contributed by atoms with Crippen molar-refractivity contribution < 1.29 is 19.0 Å². The van der Waals surface area contributed by atoms with Crippen LogP contribution in [-0.4, -0.2) is 31.3 Å². The number of carbonyl (C=O) groups is 1. The Labute approximate surface area is 148 Å². The lowest BCUT2D eigenvalue weighted by atomic mass is 9.94. The zero-order valence-corrected chi connectivity index (χ0v) is 14.8. The molecule has 0 bridgehead atoms. The van der Waals surface area contributed by atoms with Gasteiger partial charge in [0, 0.05) is 12.6 Å². The van der Waals surface area contributed by atoms with Crippen LogP contribution in [0.1, 0.15) is 23.6 Å². The van der Waals surface area contributed by atoms with Crippen LogP contribution >= 0.6 is 0 Å². The number of fused-ring (bicyclic) bond motifs is 1. The van der Waals surface area contributed by atoms with Crippen LogP contribution in [0.3, 0.4) is 0 Å². The molecule has 1 aliphatic rings. The number of hydrogen-bond donors (Lipinski definition) is 0.